The van der Waals surface area contributed by atoms with Crippen LogP contribution in [0, 0.1) is 0 Å². The number of rotatable bonds is 2. The lowest BCUT2D eigenvalue weighted by Crippen LogP contribution is -2.29. The zero-order valence-electron chi connectivity index (χ0n) is 10.3. The molecule has 0 aliphatic carbocycles. The molecule has 0 spiro atoms. The van der Waals surface area contributed by atoms with Gasteiger partial charge >= 0.3 is 0 Å². The Kier molecular flexibility index (Phi) is 3.36. The van der Waals surface area contributed by atoms with Gasteiger partial charge in [0, 0.05) is 9.50 Å². The number of halogens is 2. The van der Waals surface area contributed by atoms with Crippen molar-refractivity contribution in [3.8, 4) is 0 Å². The third-order valence-corrected chi connectivity index (χ3v) is 4.23. The van der Waals surface area contributed by atoms with E-state index in [1.807, 2.05) is 24.3 Å². The van der Waals surface area contributed by atoms with Gasteiger partial charge in [-0.15, -0.1) is 0 Å². The number of carbonyl (C=O) groups excluding carboxylic acids is 2. The van der Waals surface area contributed by atoms with Crippen LogP contribution in [-0.4, -0.2) is 16.7 Å². The van der Waals surface area contributed by atoms with Gasteiger partial charge in [0.1, 0.15) is 0 Å². The lowest BCUT2D eigenvalue weighted by atomic mass is 10.1. The second-order valence-corrected chi connectivity index (χ2v) is 5.77. The first-order valence-corrected chi connectivity index (χ1v) is 7.14. The summed E-state index contributed by atoms with van der Waals surface area (Å²) in [6, 6.07) is 12.3. The third kappa shape index (κ3) is 2.15. The van der Waals surface area contributed by atoms with Crippen LogP contribution in [0.3, 0.4) is 0 Å². The van der Waals surface area contributed by atoms with Gasteiger partial charge in [0.05, 0.1) is 17.7 Å². The molecule has 0 unspecified atom stereocenters. The molecule has 0 bridgehead atoms. The fourth-order valence-electron chi connectivity index (χ4n) is 2.20. The van der Waals surface area contributed by atoms with Crippen LogP contribution in [0.1, 0.15) is 26.3 Å². The normalized spacial score (nSPS) is 13.8. The van der Waals surface area contributed by atoms with Gasteiger partial charge in [0.15, 0.2) is 0 Å². The number of imide groups is 1. The molecule has 3 rings (SSSR count). The standard InChI is InChI=1S/C15H9BrClNO2/c16-13-4-2-1-3-9(13)8-18-14(19)11-6-5-10(17)7-12(11)15(18)20/h1-7H,8H2. The maximum absolute atomic E-state index is 12.3. The van der Waals surface area contributed by atoms with Crippen LogP contribution in [0.25, 0.3) is 0 Å². The SMILES string of the molecule is O=C1c2ccc(Cl)cc2C(=O)N1Cc1ccccc1Br. The molecule has 0 radical (unpaired) electrons. The fraction of sp³-hybridized carbons (Fsp3) is 0.0667. The molecule has 0 aromatic heterocycles. The first-order valence-electron chi connectivity index (χ1n) is 5.97. The van der Waals surface area contributed by atoms with Crippen molar-refractivity contribution in [3.63, 3.8) is 0 Å². The topological polar surface area (TPSA) is 37.4 Å². The molecule has 2 amide bonds. The monoisotopic (exact) mass is 349 g/mol. The Labute approximate surface area is 129 Å². The second-order valence-electron chi connectivity index (χ2n) is 4.48. The van der Waals surface area contributed by atoms with Crippen molar-refractivity contribution >= 4 is 39.3 Å². The Balaban J connectivity index is 1.96. The van der Waals surface area contributed by atoms with Crippen LogP contribution in [0.4, 0.5) is 0 Å². The Morgan fingerprint density at radius 3 is 2.45 bits per heavy atom. The minimum atomic E-state index is -0.303. The largest absolute Gasteiger partial charge is 0.270 e. The van der Waals surface area contributed by atoms with Crippen molar-refractivity contribution in [2.45, 2.75) is 6.54 Å². The molecule has 2 aromatic carbocycles. The average Bonchev–Trinajstić information content (AvgIpc) is 2.66. The van der Waals surface area contributed by atoms with E-state index in [9.17, 15) is 9.59 Å². The Morgan fingerprint density at radius 2 is 1.70 bits per heavy atom. The first kappa shape index (κ1) is 13.3. The summed E-state index contributed by atoms with van der Waals surface area (Å²) in [4.78, 5) is 25.8. The zero-order valence-corrected chi connectivity index (χ0v) is 12.6. The molecule has 0 atom stereocenters. The first-order chi connectivity index (χ1) is 9.58. The smallest absolute Gasteiger partial charge is 0.261 e. The van der Waals surface area contributed by atoms with E-state index in [1.165, 1.54) is 11.0 Å². The molecular weight excluding hydrogens is 342 g/mol. The summed E-state index contributed by atoms with van der Waals surface area (Å²) in [5.41, 5.74) is 1.66. The van der Waals surface area contributed by atoms with Gasteiger partial charge in [-0.1, -0.05) is 45.7 Å². The summed E-state index contributed by atoms with van der Waals surface area (Å²) in [6.45, 7) is 0.241. The average molecular weight is 351 g/mol. The maximum Gasteiger partial charge on any atom is 0.261 e. The quantitative estimate of drug-likeness (QED) is 0.770. The van der Waals surface area contributed by atoms with Crippen molar-refractivity contribution in [2.75, 3.05) is 0 Å². The number of hydrogen-bond donors (Lipinski definition) is 0. The van der Waals surface area contributed by atoms with Crippen molar-refractivity contribution in [1.82, 2.24) is 4.90 Å². The van der Waals surface area contributed by atoms with Gasteiger partial charge in [-0.2, -0.15) is 0 Å². The van der Waals surface area contributed by atoms with E-state index < -0.39 is 0 Å². The lowest BCUT2D eigenvalue weighted by Gasteiger charge is -2.14. The lowest BCUT2D eigenvalue weighted by molar-refractivity contribution is 0.0642. The highest BCUT2D eigenvalue weighted by Gasteiger charge is 2.35. The molecule has 5 heteroatoms. The van der Waals surface area contributed by atoms with Crippen molar-refractivity contribution in [1.29, 1.82) is 0 Å². The molecule has 100 valence electrons. The summed E-state index contributed by atoms with van der Waals surface area (Å²) in [5.74, 6) is -0.583. The summed E-state index contributed by atoms with van der Waals surface area (Å²) in [6.07, 6.45) is 0. The van der Waals surface area contributed by atoms with Gasteiger partial charge < -0.3 is 0 Å². The predicted octanol–water partition coefficient (Wildman–Crippen LogP) is 3.90. The van der Waals surface area contributed by atoms with Crippen LogP contribution in [-0.2, 0) is 6.54 Å². The maximum atomic E-state index is 12.3. The van der Waals surface area contributed by atoms with Gasteiger partial charge in [-0.05, 0) is 29.8 Å². The van der Waals surface area contributed by atoms with E-state index in [2.05, 4.69) is 15.9 Å². The van der Waals surface area contributed by atoms with E-state index in [-0.39, 0.29) is 18.4 Å². The van der Waals surface area contributed by atoms with E-state index in [0.29, 0.717) is 16.1 Å². The molecule has 1 heterocycles. The zero-order chi connectivity index (χ0) is 14.3. The van der Waals surface area contributed by atoms with Crippen molar-refractivity contribution in [2.24, 2.45) is 0 Å². The number of fused-ring (bicyclic) bond motifs is 1. The highest BCUT2D eigenvalue weighted by molar-refractivity contribution is 9.10. The number of nitrogens with zero attached hydrogens (tertiary/aromatic N) is 1. The number of benzene rings is 2. The molecule has 0 fully saturated rings. The van der Waals surface area contributed by atoms with Gasteiger partial charge in [0.25, 0.3) is 11.8 Å². The summed E-state index contributed by atoms with van der Waals surface area (Å²) >= 11 is 9.30. The third-order valence-electron chi connectivity index (χ3n) is 3.22. The Morgan fingerprint density at radius 1 is 1.00 bits per heavy atom. The molecule has 0 saturated heterocycles. The number of hydrogen-bond acceptors (Lipinski definition) is 2. The molecule has 2 aromatic rings. The van der Waals surface area contributed by atoms with E-state index in [4.69, 9.17) is 11.6 Å². The van der Waals surface area contributed by atoms with Crippen LogP contribution >= 0.6 is 27.5 Å². The summed E-state index contributed by atoms with van der Waals surface area (Å²) in [5, 5.41) is 0.452. The summed E-state index contributed by atoms with van der Waals surface area (Å²) in [7, 11) is 0. The molecule has 1 aliphatic rings. The minimum Gasteiger partial charge on any atom is -0.270 e. The van der Waals surface area contributed by atoms with E-state index in [0.717, 1.165) is 10.0 Å². The predicted molar refractivity (Wildman–Crippen MR) is 79.8 cm³/mol. The molecule has 0 N–H and O–H groups in total. The minimum absolute atomic E-state index is 0.241. The molecule has 20 heavy (non-hydrogen) atoms. The van der Waals surface area contributed by atoms with E-state index in [1.54, 1.807) is 12.1 Å². The Hall–Kier alpha value is -1.65. The van der Waals surface area contributed by atoms with Gasteiger partial charge in [0.2, 0.25) is 0 Å². The van der Waals surface area contributed by atoms with Gasteiger partial charge in [-0.25, -0.2) is 0 Å². The van der Waals surface area contributed by atoms with Crippen LogP contribution in [0.15, 0.2) is 46.9 Å². The van der Waals surface area contributed by atoms with Crippen LogP contribution in [0.5, 0.6) is 0 Å². The second kappa shape index (κ2) is 5.04. The Bertz CT molecular complexity index is 730. The fourth-order valence-corrected chi connectivity index (χ4v) is 2.79. The summed E-state index contributed by atoms with van der Waals surface area (Å²) < 4.78 is 0.870. The number of carbonyl (C=O) groups is 2. The highest BCUT2D eigenvalue weighted by Crippen LogP contribution is 2.28. The van der Waals surface area contributed by atoms with Crippen molar-refractivity contribution in [3.05, 3.63) is 68.7 Å². The number of amides is 2. The van der Waals surface area contributed by atoms with Crippen LogP contribution in [0.2, 0.25) is 5.02 Å². The van der Waals surface area contributed by atoms with Crippen molar-refractivity contribution < 1.29 is 9.59 Å². The highest BCUT2D eigenvalue weighted by atomic mass is 79.9. The molecule has 3 nitrogen and oxygen atoms in total. The molecule has 1 aliphatic heterocycles. The van der Waals surface area contributed by atoms with E-state index >= 15 is 0 Å². The van der Waals surface area contributed by atoms with Crippen LogP contribution < -0.4 is 0 Å². The molecule has 0 saturated carbocycles. The van der Waals surface area contributed by atoms with Gasteiger partial charge in [-0.3, -0.25) is 14.5 Å². The molecular formula is C15H9BrClNO2.